The number of rotatable bonds is 6. The molecule has 6 rings (SSSR count). The topological polar surface area (TPSA) is 98.2 Å². The van der Waals surface area contributed by atoms with Gasteiger partial charge in [0.25, 0.3) is 6.43 Å². The van der Waals surface area contributed by atoms with Crippen molar-refractivity contribution >= 4 is 46.2 Å². The molecule has 13 heteroatoms. The highest BCUT2D eigenvalue weighted by Gasteiger charge is 2.37. The van der Waals surface area contributed by atoms with E-state index >= 15 is 0 Å². The minimum absolute atomic E-state index is 0.193. The predicted octanol–water partition coefficient (Wildman–Crippen LogP) is 5.07. The summed E-state index contributed by atoms with van der Waals surface area (Å²) in [4.78, 5) is 28.8. The molecule has 0 bridgehead atoms. The van der Waals surface area contributed by atoms with E-state index in [0.717, 1.165) is 28.9 Å². The Morgan fingerprint density at radius 3 is 2.63 bits per heavy atom. The molecule has 2 saturated heterocycles. The van der Waals surface area contributed by atoms with Gasteiger partial charge < -0.3 is 24.4 Å². The van der Waals surface area contributed by atoms with Crippen LogP contribution in [0.2, 0.25) is 0 Å². The number of nitrogens with zero attached hydrogens (tertiary/aromatic N) is 4. The summed E-state index contributed by atoms with van der Waals surface area (Å²) < 4.78 is 47.0. The number of carbonyl (C=O) groups excluding carboxylic acids is 2. The molecule has 1 unspecified atom stereocenters. The summed E-state index contributed by atoms with van der Waals surface area (Å²) in [5.74, 6) is 0.494. The molecule has 1 atom stereocenters. The Hall–Kier alpha value is -3.42. The van der Waals surface area contributed by atoms with E-state index in [9.17, 15) is 18.4 Å². The van der Waals surface area contributed by atoms with Crippen LogP contribution in [-0.2, 0) is 14.3 Å². The molecule has 10 nitrogen and oxygen atoms in total. The largest absolute Gasteiger partial charge is 0.489 e. The Balaban J connectivity index is 1.20. The minimum atomic E-state index is -2.71. The van der Waals surface area contributed by atoms with Crippen molar-refractivity contribution in [2.24, 2.45) is 0 Å². The molecular weight excluding hydrogens is 556 g/mol. The van der Waals surface area contributed by atoms with E-state index < -0.39 is 24.2 Å². The van der Waals surface area contributed by atoms with E-state index in [0.29, 0.717) is 66.1 Å². The normalized spacial score (nSPS) is 19.4. The number of amides is 1. The molecule has 4 heterocycles. The van der Waals surface area contributed by atoms with Gasteiger partial charge in [0.1, 0.15) is 24.0 Å². The number of ether oxygens (including phenoxy) is 3. The van der Waals surface area contributed by atoms with Crippen LogP contribution in [0.25, 0.3) is 10.9 Å². The van der Waals surface area contributed by atoms with Crippen LogP contribution in [0.3, 0.4) is 0 Å². The van der Waals surface area contributed by atoms with Crippen molar-refractivity contribution in [3.05, 3.63) is 42.1 Å². The first-order valence-corrected chi connectivity index (χ1v) is 14.2. The zero-order valence-electron chi connectivity index (χ0n) is 22.9. The lowest BCUT2D eigenvalue weighted by Crippen LogP contribution is -2.52. The number of anilines is 2. The third-order valence-corrected chi connectivity index (χ3v) is 8.33. The molecule has 1 N–H and O–H groups in total. The number of hydrogen-bond donors (Lipinski definition) is 1. The molecule has 218 valence electrons. The van der Waals surface area contributed by atoms with Gasteiger partial charge in [0.15, 0.2) is 0 Å². The van der Waals surface area contributed by atoms with Crippen molar-refractivity contribution in [1.29, 1.82) is 0 Å². The average Bonchev–Trinajstić information content (AvgIpc) is 3.29. The van der Waals surface area contributed by atoms with Crippen LogP contribution in [0.5, 0.6) is 5.75 Å². The first-order valence-electron chi connectivity index (χ1n) is 13.5. The fourth-order valence-corrected chi connectivity index (χ4v) is 6.24. The molecule has 3 aromatic rings. The predicted molar refractivity (Wildman–Crippen MR) is 150 cm³/mol. The molecule has 0 radical (unpaired) electrons. The van der Waals surface area contributed by atoms with Gasteiger partial charge in [-0.3, -0.25) is 4.79 Å². The number of aromatic nitrogens is 2. The third kappa shape index (κ3) is 5.57. The molecule has 0 spiro atoms. The van der Waals surface area contributed by atoms with Crippen LogP contribution < -0.4 is 15.0 Å². The molecule has 1 aromatic heterocycles. The highest BCUT2D eigenvalue weighted by molar-refractivity contribution is 7.97. The highest BCUT2D eigenvalue weighted by atomic mass is 32.2. The smallest absolute Gasteiger partial charge is 0.435 e. The Bertz CT molecular complexity index is 1490. The van der Waals surface area contributed by atoms with Crippen molar-refractivity contribution < 1.29 is 32.6 Å². The van der Waals surface area contributed by atoms with Gasteiger partial charge in [-0.25, -0.2) is 17.9 Å². The lowest BCUT2D eigenvalue weighted by Gasteiger charge is -2.41. The van der Waals surface area contributed by atoms with Gasteiger partial charge in [0.05, 0.1) is 48.1 Å². The Labute approximate surface area is 240 Å². The van der Waals surface area contributed by atoms with Crippen molar-refractivity contribution in [1.82, 2.24) is 14.1 Å². The lowest BCUT2D eigenvalue weighted by atomic mass is 10.1. The summed E-state index contributed by atoms with van der Waals surface area (Å²) in [6.07, 6.45) is -1.46. The second kappa shape index (κ2) is 10.8. The number of hydrogen-bond acceptors (Lipinski definition) is 9. The van der Waals surface area contributed by atoms with E-state index in [1.807, 2.05) is 22.5 Å². The molecule has 3 aliphatic rings. The number of nitrogens with one attached hydrogen (secondary N) is 1. The third-order valence-electron chi connectivity index (χ3n) is 7.15. The standard InChI is InChI=1S/C28H31F2N5O5S/c1-28(2,3)40-27(37)35-24-17(13-31-35)10-16(25(29)30)11-23(24)41-34-7-6-21(34)26(36)32-18-4-5-20-22(12-18)39-9-8-33(20)19-14-38-15-19/h4-5,10-13,19,21,25H,6-9,14-15H2,1-3H3,(H,32,36). The van der Waals surface area contributed by atoms with E-state index in [2.05, 4.69) is 15.3 Å². The van der Waals surface area contributed by atoms with Gasteiger partial charge in [0.2, 0.25) is 5.91 Å². The average molecular weight is 588 g/mol. The van der Waals surface area contributed by atoms with Crippen molar-refractivity contribution in [2.45, 2.75) is 56.2 Å². The molecule has 2 aromatic carbocycles. The van der Waals surface area contributed by atoms with Gasteiger partial charge in [-0.1, -0.05) is 0 Å². The summed E-state index contributed by atoms with van der Waals surface area (Å²) in [5.41, 5.74) is 0.989. The van der Waals surface area contributed by atoms with Crippen LogP contribution in [0, 0.1) is 0 Å². The van der Waals surface area contributed by atoms with E-state index in [-0.39, 0.29) is 11.5 Å². The van der Waals surface area contributed by atoms with Crippen LogP contribution >= 0.6 is 11.9 Å². The quantitative estimate of drug-likeness (QED) is 0.396. The number of alkyl halides is 2. The summed E-state index contributed by atoms with van der Waals surface area (Å²) in [7, 11) is 0. The van der Waals surface area contributed by atoms with E-state index in [1.54, 1.807) is 20.8 Å². The maximum Gasteiger partial charge on any atom is 0.435 e. The summed E-state index contributed by atoms with van der Waals surface area (Å²) in [5, 5.41) is 7.48. The van der Waals surface area contributed by atoms with Gasteiger partial charge in [0, 0.05) is 29.2 Å². The van der Waals surface area contributed by atoms with Crippen molar-refractivity contribution in [3.8, 4) is 5.75 Å². The van der Waals surface area contributed by atoms with Crippen molar-refractivity contribution in [2.75, 3.05) is 43.1 Å². The molecule has 0 aliphatic carbocycles. The Kier molecular flexibility index (Phi) is 7.28. The Morgan fingerprint density at radius 2 is 1.98 bits per heavy atom. The summed E-state index contributed by atoms with van der Waals surface area (Å²) in [6, 6.07) is 8.11. The molecule has 41 heavy (non-hydrogen) atoms. The first kappa shape index (κ1) is 27.7. The SMILES string of the molecule is CC(C)(C)OC(=O)n1ncc2cc(C(F)F)cc(SN3CCC3C(=O)Nc3ccc4c(c3)OCCN4C3COC3)c21. The zero-order valence-corrected chi connectivity index (χ0v) is 23.7. The van der Waals surface area contributed by atoms with Crippen LogP contribution in [0.15, 0.2) is 41.4 Å². The van der Waals surface area contributed by atoms with Crippen LogP contribution in [0.1, 0.15) is 39.2 Å². The number of benzene rings is 2. The highest BCUT2D eigenvalue weighted by Crippen LogP contribution is 2.40. The number of carbonyl (C=O) groups is 2. The molecule has 2 fully saturated rings. The van der Waals surface area contributed by atoms with Gasteiger partial charge >= 0.3 is 6.09 Å². The Morgan fingerprint density at radius 1 is 1.17 bits per heavy atom. The fraction of sp³-hybridized carbons (Fsp3) is 0.464. The molecule has 3 aliphatic heterocycles. The van der Waals surface area contributed by atoms with Gasteiger partial charge in [-0.05, 0) is 63.4 Å². The lowest BCUT2D eigenvalue weighted by molar-refractivity contribution is -0.122. The maximum atomic E-state index is 13.7. The summed E-state index contributed by atoms with van der Waals surface area (Å²) in [6.45, 7) is 8.50. The molecule has 0 saturated carbocycles. The number of fused-ring (bicyclic) bond motifs is 2. The van der Waals surface area contributed by atoms with E-state index in [1.165, 1.54) is 18.3 Å². The minimum Gasteiger partial charge on any atom is -0.489 e. The first-order chi connectivity index (χ1) is 19.6. The van der Waals surface area contributed by atoms with Crippen molar-refractivity contribution in [3.63, 3.8) is 0 Å². The maximum absolute atomic E-state index is 13.7. The monoisotopic (exact) mass is 587 g/mol. The number of halogens is 2. The molecule has 1 amide bonds. The van der Waals surface area contributed by atoms with Gasteiger partial charge in [-0.15, -0.1) is 0 Å². The second-order valence-electron chi connectivity index (χ2n) is 11.2. The van der Waals surface area contributed by atoms with Gasteiger partial charge in [-0.2, -0.15) is 9.78 Å². The zero-order chi connectivity index (χ0) is 28.9. The van der Waals surface area contributed by atoms with E-state index in [4.69, 9.17) is 14.2 Å². The summed E-state index contributed by atoms with van der Waals surface area (Å²) >= 11 is 1.16. The fourth-order valence-electron chi connectivity index (χ4n) is 4.98. The second-order valence-corrected chi connectivity index (χ2v) is 12.3. The van der Waals surface area contributed by atoms with Crippen LogP contribution in [-0.4, -0.2) is 76.7 Å². The van der Waals surface area contributed by atoms with Crippen LogP contribution in [0.4, 0.5) is 25.0 Å². The molecular formula is C28H31F2N5O5S.